The summed E-state index contributed by atoms with van der Waals surface area (Å²) in [6, 6.07) is 11.4. The van der Waals surface area contributed by atoms with Crippen LogP contribution in [0.25, 0.3) is 0 Å². The normalized spacial score (nSPS) is 17.8. The van der Waals surface area contributed by atoms with Crippen molar-refractivity contribution in [3.63, 3.8) is 0 Å². The second kappa shape index (κ2) is 16.1. The van der Waals surface area contributed by atoms with Crippen LogP contribution in [-0.4, -0.2) is 95.7 Å². The van der Waals surface area contributed by atoms with E-state index in [-0.39, 0.29) is 16.9 Å². The molecule has 0 spiro atoms. The van der Waals surface area contributed by atoms with Crippen molar-refractivity contribution in [2.24, 2.45) is 0 Å². The number of anilines is 4. The molecule has 50 heavy (non-hydrogen) atoms. The zero-order valence-electron chi connectivity index (χ0n) is 29.6. The summed E-state index contributed by atoms with van der Waals surface area (Å²) in [5, 5.41) is 6.00. The minimum atomic E-state index is -3.54. The summed E-state index contributed by atoms with van der Waals surface area (Å²) < 4.78 is 33.1. The van der Waals surface area contributed by atoms with Crippen molar-refractivity contribution in [3.05, 3.63) is 59.3 Å². The van der Waals surface area contributed by atoms with Crippen molar-refractivity contribution in [1.29, 1.82) is 0 Å². The maximum Gasteiger partial charge on any atom is 0.254 e. The predicted molar refractivity (Wildman–Crippen MR) is 207 cm³/mol. The van der Waals surface area contributed by atoms with Crippen LogP contribution in [0.2, 0.25) is 0 Å². The maximum atomic E-state index is 13.7. The van der Waals surface area contributed by atoms with Gasteiger partial charge in [0, 0.05) is 47.4 Å². The highest BCUT2D eigenvalue weighted by atomic mass is 127. The highest BCUT2D eigenvalue weighted by Gasteiger charge is 2.31. The number of nitrogens with zero attached hydrogens (tertiary/aromatic N) is 5. The van der Waals surface area contributed by atoms with E-state index in [1.165, 1.54) is 45.2 Å². The van der Waals surface area contributed by atoms with Gasteiger partial charge in [0.1, 0.15) is 11.6 Å². The van der Waals surface area contributed by atoms with E-state index < -0.39 is 15.1 Å². The van der Waals surface area contributed by atoms with Crippen LogP contribution in [0.3, 0.4) is 0 Å². The van der Waals surface area contributed by atoms with Crippen LogP contribution in [0, 0.1) is 0 Å². The molecule has 3 aromatic rings. The van der Waals surface area contributed by atoms with Gasteiger partial charge in [-0.15, -0.1) is 0 Å². The van der Waals surface area contributed by atoms with E-state index in [0.29, 0.717) is 58.0 Å². The Bertz CT molecular complexity index is 1770. The second-order valence-electron chi connectivity index (χ2n) is 14.1. The minimum absolute atomic E-state index is 0.0221. The van der Waals surface area contributed by atoms with Crippen molar-refractivity contribution in [2.75, 3.05) is 49.9 Å². The molecule has 270 valence electrons. The van der Waals surface area contributed by atoms with Crippen molar-refractivity contribution in [3.8, 4) is 5.75 Å². The first kappa shape index (κ1) is 36.8. The molecule has 0 atom stereocenters. The number of amides is 1. The number of para-hydroxylation sites is 1. The molecule has 1 amide bonds. The lowest BCUT2D eigenvalue weighted by molar-refractivity contribution is 0.0697. The van der Waals surface area contributed by atoms with E-state index in [9.17, 15) is 13.2 Å². The first-order chi connectivity index (χ1) is 24.0. The number of fused-ring (bicyclic) bond motifs is 1. The van der Waals surface area contributed by atoms with Gasteiger partial charge in [0.15, 0.2) is 9.84 Å². The van der Waals surface area contributed by atoms with Gasteiger partial charge in [0.2, 0.25) is 5.95 Å². The Balaban J connectivity index is 1.17. The Morgan fingerprint density at radius 1 is 0.960 bits per heavy atom. The summed E-state index contributed by atoms with van der Waals surface area (Å²) >= 11 is 2.24. The van der Waals surface area contributed by atoms with Gasteiger partial charge >= 0.3 is 0 Å². The Morgan fingerprint density at radius 3 is 2.40 bits per heavy atom. The quantitative estimate of drug-likeness (QED) is 0.141. The average molecular weight is 816 g/mol. The summed E-state index contributed by atoms with van der Waals surface area (Å²) in [5.74, 6) is 1.44. The zero-order valence-corrected chi connectivity index (χ0v) is 32.6. The fourth-order valence-electron chi connectivity index (χ4n) is 7.08. The predicted octanol–water partition coefficient (Wildman–Crippen LogP) is 6.77. The number of likely N-dealkylation sites (tertiary alicyclic amines) is 2. The van der Waals surface area contributed by atoms with Crippen LogP contribution in [0.5, 0.6) is 5.75 Å². The molecule has 11 nitrogen and oxygen atoms in total. The van der Waals surface area contributed by atoms with Gasteiger partial charge in [-0.25, -0.2) is 13.4 Å². The second-order valence-corrected chi connectivity index (χ2v) is 17.3. The number of benzene rings is 2. The zero-order chi connectivity index (χ0) is 35.4. The lowest BCUT2D eigenvalue weighted by Crippen LogP contribution is -2.48. The van der Waals surface area contributed by atoms with Gasteiger partial charge < -0.3 is 30.1 Å². The number of halogens is 1. The van der Waals surface area contributed by atoms with Gasteiger partial charge in [-0.1, -0.05) is 41.1 Å². The Hall–Kier alpha value is -3.01. The lowest BCUT2D eigenvalue weighted by Gasteiger charge is -2.40. The van der Waals surface area contributed by atoms with Crippen LogP contribution in [0.4, 0.5) is 23.1 Å². The third kappa shape index (κ3) is 8.37. The molecule has 0 bridgehead atoms. The molecular formula is C37H50IN7O4S. The molecule has 1 aromatic heterocycles. The number of piperidine rings is 2. The van der Waals surface area contributed by atoms with Gasteiger partial charge in [-0.05, 0) is 109 Å². The summed E-state index contributed by atoms with van der Waals surface area (Å²) in [6.07, 6.45) is 8.08. The van der Waals surface area contributed by atoms with Gasteiger partial charge in [-0.2, -0.15) is 4.98 Å². The third-order valence-electron chi connectivity index (χ3n) is 9.92. The SMILES string of the molecule is CC(C)Oc1cc2c(cc1Nc1ncc(CI)c(Nc3ccccc3S(=O)(=O)C(C)C)n1)C(=O)N(CCN1CCC(N3CCCCC3)CC1)C2. The number of rotatable bonds is 13. The molecular weight excluding hydrogens is 765 g/mol. The summed E-state index contributed by atoms with van der Waals surface area (Å²) in [4.78, 5) is 30.4. The Labute approximate surface area is 310 Å². The molecule has 0 saturated carbocycles. The van der Waals surface area contributed by atoms with Gasteiger partial charge in [-0.3, -0.25) is 4.79 Å². The number of carbonyl (C=O) groups is 1. The van der Waals surface area contributed by atoms with E-state index in [1.54, 1.807) is 44.3 Å². The van der Waals surface area contributed by atoms with E-state index in [0.717, 1.165) is 30.8 Å². The molecule has 3 aliphatic rings. The molecule has 2 saturated heterocycles. The number of nitrogens with one attached hydrogen (secondary N) is 2. The van der Waals surface area contributed by atoms with Crippen LogP contribution in [-0.2, 0) is 20.8 Å². The minimum Gasteiger partial charge on any atom is -0.489 e. The highest BCUT2D eigenvalue weighted by Crippen LogP contribution is 2.36. The number of alkyl halides is 1. The molecule has 0 unspecified atom stereocenters. The largest absolute Gasteiger partial charge is 0.489 e. The van der Waals surface area contributed by atoms with E-state index >= 15 is 0 Å². The standard InChI is InChI=1S/C37H50IN7O4S/c1-25(2)49-33-20-27-24-45(19-18-43-16-12-29(13-17-43)44-14-8-5-9-15-44)36(46)30(27)21-32(33)41-37-39-23-28(22-38)35(42-37)40-31-10-6-7-11-34(31)50(47,48)26(3)4/h6-7,10-11,20-21,23,25-26,29H,5,8-9,12-19,22,24H2,1-4H3,(H2,39,40,41,42). The van der Waals surface area contributed by atoms with Crippen LogP contribution in [0.1, 0.15) is 81.3 Å². The number of hydrogen-bond acceptors (Lipinski definition) is 10. The van der Waals surface area contributed by atoms with E-state index in [1.807, 2.05) is 30.9 Å². The van der Waals surface area contributed by atoms with E-state index in [2.05, 4.69) is 48.0 Å². The summed E-state index contributed by atoms with van der Waals surface area (Å²) in [7, 11) is -3.54. The van der Waals surface area contributed by atoms with Crippen molar-refractivity contribution >= 4 is 61.5 Å². The smallest absolute Gasteiger partial charge is 0.254 e. The molecule has 2 N–H and O–H groups in total. The lowest BCUT2D eigenvalue weighted by atomic mass is 10.00. The first-order valence-electron chi connectivity index (χ1n) is 17.9. The summed E-state index contributed by atoms with van der Waals surface area (Å²) in [5.41, 5.74) is 3.48. The molecule has 0 aliphatic carbocycles. The Kier molecular flexibility index (Phi) is 11.9. The van der Waals surface area contributed by atoms with Gasteiger partial charge in [0.25, 0.3) is 5.91 Å². The Morgan fingerprint density at radius 2 is 1.70 bits per heavy atom. The van der Waals surface area contributed by atoms with Crippen molar-refractivity contribution in [1.82, 2.24) is 24.7 Å². The maximum absolute atomic E-state index is 13.7. The molecule has 3 aliphatic heterocycles. The third-order valence-corrected chi connectivity index (χ3v) is 13.0. The number of sulfone groups is 1. The number of aromatic nitrogens is 2. The van der Waals surface area contributed by atoms with Crippen LogP contribution in [0.15, 0.2) is 47.5 Å². The molecule has 4 heterocycles. The summed E-state index contributed by atoms with van der Waals surface area (Å²) in [6.45, 7) is 14.1. The van der Waals surface area contributed by atoms with Crippen molar-refractivity contribution in [2.45, 2.75) is 93.1 Å². The van der Waals surface area contributed by atoms with Crippen molar-refractivity contribution < 1.29 is 17.9 Å². The fraction of sp³-hybridized carbons (Fsp3) is 0.541. The average Bonchev–Trinajstić information content (AvgIpc) is 3.41. The topological polar surface area (TPSA) is 120 Å². The number of hydrogen-bond donors (Lipinski definition) is 2. The van der Waals surface area contributed by atoms with Gasteiger partial charge in [0.05, 0.1) is 27.6 Å². The molecule has 0 radical (unpaired) electrons. The van der Waals surface area contributed by atoms with E-state index in [4.69, 9.17) is 9.72 Å². The van der Waals surface area contributed by atoms with Crippen LogP contribution >= 0.6 is 22.6 Å². The molecule has 6 rings (SSSR count). The molecule has 2 aromatic carbocycles. The highest BCUT2D eigenvalue weighted by molar-refractivity contribution is 14.1. The first-order valence-corrected chi connectivity index (χ1v) is 21.0. The molecule has 2 fully saturated rings. The number of carbonyl (C=O) groups excluding carboxylic acids is 1. The number of ether oxygens (including phenoxy) is 1. The monoisotopic (exact) mass is 815 g/mol. The van der Waals surface area contributed by atoms with Crippen LogP contribution < -0.4 is 15.4 Å². The molecule has 13 heteroatoms. The fourth-order valence-corrected chi connectivity index (χ4v) is 8.84.